The third-order valence-corrected chi connectivity index (χ3v) is 4.03. The highest BCUT2D eigenvalue weighted by Crippen LogP contribution is 2.23. The number of pyridine rings is 2. The van der Waals surface area contributed by atoms with Crippen molar-refractivity contribution in [3.63, 3.8) is 0 Å². The van der Waals surface area contributed by atoms with E-state index in [0.29, 0.717) is 29.0 Å². The van der Waals surface area contributed by atoms with E-state index in [-0.39, 0.29) is 0 Å². The first-order valence-corrected chi connectivity index (χ1v) is 8.91. The number of nitrogens with zero attached hydrogens (tertiary/aromatic N) is 3. The number of aryl methyl sites for hydroxylation is 1. The summed E-state index contributed by atoms with van der Waals surface area (Å²) >= 11 is 0. The molecule has 3 rings (SSSR count). The van der Waals surface area contributed by atoms with Crippen molar-refractivity contribution in [1.82, 2.24) is 14.5 Å². The lowest BCUT2D eigenvalue weighted by Gasteiger charge is -2.20. The van der Waals surface area contributed by atoms with Crippen molar-refractivity contribution in [2.24, 2.45) is 0 Å². The summed E-state index contributed by atoms with van der Waals surface area (Å²) in [6.07, 6.45) is 3.09. The molecule has 0 aliphatic rings. The number of methoxy groups -OCH3 is 1. The van der Waals surface area contributed by atoms with Gasteiger partial charge in [-0.25, -0.2) is 19.1 Å². The number of ether oxygens (including phenoxy) is 2. The minimum atomic E-state index is -0.640. The van der Waals surface area contributed by atoms with Crippen LogP contribution in [0.2, 0.25) is 0 Å². The summed E-state index contributed by atoms with van der Waals surface area (Å²) in [5, 5.41) is 0.838. The average molecular weight is 381 g/mol. The van der Waals surface area contributed by atoms with E-state index in [1.165, 1.54) is 11.7 Å². The molecule has 0 N–H and O–H groups in total. The number of carbonyl (C=O) groups is 2. The molecule has 28 heavy (non-hydrogen) atoms. The standard InChI is InChI=1S/C21H23N3O4/c1-13-8-15-10-17(11-16-9-14(6-7-22-16)19(25)27-5)24(18(15)23-12-13)20(26)28-21(2,3)4/h6-10,12H,11H2,1-5H3. The molecule has 0 amide bonds. The first kappa shape index (κ1) is 19.5. The molecule has 0 radical (unpaired) electrons. The van der Waals surface area contributed by atoms with Gasteiger partial charge < -0.3 is 9.47 Å². The van der Waals surface area contributed by atoms with Crippen molar-refractivity contribution in [2.75, 3.05) is 7.11 Å². The molecule has 0 bridgehead atoms. The Labute approximate surface area is 163 Å². The van der Waals surface area contributed by atoms with Crippen LogP contribution in [-0.2, 0) is 15.9 Å². The first-order chi connectivity index (χ1) is 13.2. The molecule has 0 aliphatic heterocycles. The van der Waals surface area contributed by atoms with Gasteiger partial charge in [0.1, 0.15) is 11.2 Å². The number of carbonyl (C=O) groups excluding carboxylic acids is 2. The predicted molar refractivity (Wildman–Crippen MR) is 104 cm³/mol. The van der Waals surface area contributed by atoms with Crippen LogP contribution >= 0.6 is 0 Å². The lowest BCUT2D eigenvalue weighted by atomic mass is 10.1. The van der Waals surface area contributed by atoms with E-state index in [1.807, 2.05) is 39.8 Å². The maximum absolute atomic E-state index is 12.9. The smallest absolute Gasteiger partial charge is 0.420 e. The second kappa shape index (κ2) is 7.42. The largest absolute Gasteiger partial charge is 0.465 e. The fraction of sp³-hybridized carbons (Fsp3) is 0.333. The Bertz CT molecular complexity index is 1050. The highest BCUT2D eigenvalue weighted by molar-refractivity contribution is 5.90. The van der Waals surface area contributed by atoms with Crippen LogP contribution in [0.1, 0.15) is 48.1 Å². The van der Waals surface area contributed by atoms with Gasteiger partial charge in [0, 0.05) is 35.6 Å². The Morgan fingerprint density at radius 3 is 2.57 bits per heavy atom. The topological polar surface area (TPSA) is 83.3 Å². The highest BCUT2D eigenvalue weighted by atomic mass is 16.6. The van der Waals surface area contributed by atoms with Gasteiger partial charge in [-0.1, -0.05) is 0 Å². The third kappa shape index (κ3) is 4.19. The maximum atomic E-state index is 12.9. The monoisotopic (exact) mass is 381 g/mol. The molecule has 0 fully saturated rings. The minimum absolute atomic E-state index is 0.333. The van der Waals surface area contributed by atoms with Crippen molar-refractivity contribution in [2.45, 2.75) is 39.7 Å². The summed E-state index contributed by atoms with van der Waals surface area (Å²) < 4.78 is 11.8. The van der Waals surface area contributed by atoms with Gasteiger partial charge in [0.2, 0.25) is 0 Å². The van der Waals surface area contributed by atoms with Crippen LogP contribution in [0.5, 0.6) is 0 Å². The number of hydrogen-bond acceptors (Lipinski definition) is 6. The summed E-state index contributed by atoms with van der Waals surface area (Å²) in [5.74, 6) is -0.436. The zero-order valence-electron chi connectivity index (χ0n) is 16.6. The molecular formula is C21H23N3O4. The van der Waals surface area contributed by atoms with Gasteiger partial charge >= 0.3 is 12.1 Å². The first-order valence-electron chi connectivity index (χ1n) is 8.91. The molecule has 7 nitrogen and oxygen atoms in total. The van der Waals surface area contributed by atoms with E-state index in [0.717, 1.165) is 10.9 Å². The van der Waals surface area contributed by atoms with Crippen molar-refractivity contribution in [3.05, 3.63) is 59.2 Å². The van der Waals surface area contributed by atoms with Crippen LogP contribution in [0.3, 0.4) is 0 Å². The number of aromatic nitrogens is 3. The van der Waals surface area contributed by atoms with Crippen molar-refractivity contribution in [3.8, 4) is 0 Å². The van der Waals surface area contributed by atoms with E-state index in [4.69, 9.17) is 9.47 Å². The Morgan fingerprint density at radius 1 is 1.14 bits per heavy atom. The van der Waals surface area contributed by atoms with Crippen molar-refractivity contribution < 1.29 is 19.1 Å². The van der Waals surface area contributed by atoms with E-state index < -0.39 is 17.7 Å². The number of hydrogen-bond donors (Lipinski definition) is 0. The zero-order valence-corrected chi connectivity index (χ0v) is 16.6. The molecule has 146 valence electrons. The van der Waals surface area contributed by atoms with E-state index in [1.54, 1.807) is 24.5 Å². The summed E-state index contributed by atoms with van der Waals surface area (Å²) in [4.78, 5) is 33.4. The lowest BCUT2D eigenvalue weighted by molar-refractivity contribution is 0.0538. The molecule has 0 aliphatic carbocycles. The zero-order chi connectivity index (χ0) is 20.5. The van der Waals surface area contributed by atoms with Gasteiger partial charge in [0.05, 0.1) is 12.7 Å². The predicted octanol–water partition coefficient (Wildman–Crippen LogP) is 3.90. The van der Waals surface area contributed by atoms with Crippen LogP contribution in [0.4, 0.5) is 4.79 Å². The summed E-state index contributed by atoms with van der Waals surface area (Å²) in [6.45, 7) is 7.39. The van der Waals surface area contributed by atoms with Gasteiger partial charge in [-0.2, -0.15) is 0 Å². The second-order valence-electron chi connectivity index (χ2n) is 7.58. The van der Waals surface area contributed by atoms with Crippen LogP contribution in [0.25, 0.3) is 11.0 Å². The van der Waals surface area contributed by atoms with Crippen LogP contribution in [0, 0.1) is 6.92 Å². The Morgan fingerprint density at radius 2 is 1.89 bits per heavy atom. The van der Waals surface area contributed by atoms with E-state index >= 15 is 0 Å². The van der Waals surface area contributed by atoms with Gasteiger partial charge in [-0.15, -0.1) is 0 Å². The molecular weight excluding hydrogens is 358 g/mol. The summed E-state index contributed by atoms with van der Waals surface area (Å²) in [6, 6.07) is 7.10. The maximum Gasteiger partial charge on any atom is 0.420 e. The lowest BCUT2D eigenvalue weighted by Crippen LogP contribution is -2.28. The molecule has 3 heterocycles. The molecule has 0 atom stereocenters. The fourth-order valence-electron chi connectivity index (χ4n) is 2.90. The average Bonchev–Trinajstić information content (AvgIpc) is 2.96. The minimum Gasteiger partial charge on any atom is -0.465 e. The van der Waals surface area contributed by atoms with E-state index in [9.17, 15) is 9.59 Å². The number of fused-ring (bicyclic) bond motifs is 1. The summed E-state index contributed by atoms with van der Waals surface area (Å²) in [7, 11) is 1.33. The van der Waals surface area contributed by atoms with Crippen molar-refractivity contribution in [1.29, 1.82) is 0 Å². The van der Waals surface area contributed by atoms with Gasteiger partial charge in [-0.05, 0) is 57.5 Å². The second-order valence-corrected chi connectivity index (χ2v) is 7.58. The van der Waals surface area contributed by atoms with Crippen LogP contribution in [-0.4, -0.2) is 39.3 Å². The van der Waals surface area contributed by atoms with E-state index in [2.05, 4.69) is 9.97 Å². The Hall–Kier alpha value is -3.22. The van der Waals surface area contributed by atoms with Crippen LogP contribution < -0.4 is 0 Å². The van der Waals surface area contributed by atoms with Gasteiger partial charge in [0.25, 0.3) is 0 Å². The molecule has 0 aromatic carbocycles. The third-order valence-electron chi connectivity index (χ3n) is 4.03. The molecule has 0 spiro atoms. The SMILES string of the molecule is COC(=O)c1ccnc(Cc2cc3cc(C)cnc3n2C(=O)OC(C)(C)C)c1. The fourth-order valence-corrected chi connectivity index (χ4v) is 2.90. The molecule has 0 unspecified atom stereocenters. The number of esters is 1. The quantitative estimate of drug-likeness (QED) is 0.640. The van der Waals surface area contributed by atoms with Gasteiger partial charge in [-0.3, -0.25) is 4.98 Å². The molecule has 0 saturated heterocycles. The van der Waals surface area contributed by atoms with Gasteiger partial charge in [0.15, 0.2) is 0 Å². The normalized spacial score (nSPS) is 11.5. The molecule has 7 heteroatoms. The highest BCUT2D eigenvalue weighted by Gasteiger charge is 2.23. The molecule has 3 aromatic heterocycles. The molecule has 3 aromatic rings. The Kier molecular flexibility index (Phi) is 5.18. The summed E-state index contributed by atoms with van der Waals surface area (Å²) in [5.41, 5.74) is 2.59. The molecule has 0 saturated carbocycles. The number of rotatable bonds is 3. The Balaban J connectivity index is 2.06. The van der Waals surface area contributed by atoms with Crippen molar-refractivity contribution >= 4 is 23.1 Å². The van der Waals surface area contributed by atoms with Crippen LogP contribution in [0.15, 0.2) is 36.7 Å².